The Labute approximate surface area is 122 Å². The maximum absolute atomic E-state index is 4.64. The number of piperidine rings is 1. The molecule has 0 aromatic carbocycles. The van der Waals surface area contributed by atoms with E-state index in [2.05, 4.69) is 41.2 Å². The summed E-state index contributed by atoms with van der Waals surface area (Å²) in [5, 5.41) is 3.53. The van der Waals surface area contributed by atoms with E-state index >= 15 is 0 Å². The van der Waals surface area contributed by atoms with Gasteiger partial charge in [0.2, 0.25) is 0 Å². The van der Waals surface area contributed by atoms with Crippen LogP contribution in [0.15, 0.2) is 18.3 Å². The van der Waals surface area contributed by atoms with Crippen LogP contribution in [0.4, 0.5) is 0 Å². The fourth-order valence-electron chi connectivity index (χ4n) is 3.11. The van der Waals surface area contributed by atoms with E-state index in [-0.39, 0.29) is 0 Å². The molecule has 3 rings (SSSR count). The average molecular weight is 273 g/mol. The van der Waals surface area contributed by atoms with Crippen LogP contribution in [0.1, 0.15) is 50.8 Å². The van der Waals surface area contributed by atoms with E-state index < -0.39 is 0 Å². The lowest BCUT2D eigenvalue weighted by Crippen LogP contribution is -2.39. The van der Waals surface area contributed by atoms with Crippen LogP contribution in [0.3, 0.4) is 0 Å². The van der Waals surface area contributed by atoms with Crippen LogP contribution >= 0.6 is 0 Å². The predicted molar refractivity (Wildman–Crippen MR) is 82.4 cm³/mol. The number of hydrogen-bond acceptors (Lipinski definition) is 3. The zero-order valence-corrected chi connectivity index (χ0v) is 12.9. The van der Waals surface area contributed by atoms with Crippen molar-refractivity contribution in [3.05, 3.63) is 29.6 Å². The normalized spacial score (nSPS) is 22.9. The van der Waals surface area contributed by atoms with E-state index in [1.54, 1.807) is 0 Å². The number of nitrogens with one attached hydrogen (secondary N) is 1. The highest BCUT2D eigenvalue weighted by Gasteiger charge is 2.26. The van der Waals surface area contributed by atoms with Crippen LogP contribution < -0.4 is 5.32 Å². The van der Waals surface area contributed by atoms with Gasteiger partial charge in [0.1, 0.15) is 0 Å². The molecule has 2 aliphatic rings. The SMILES string of the molecule is CC1(C)CCCN(Cc2ccc(CNC3CC3)cn2)C1. The molecular weight excluding hydrogens is 246 g/mol. The van der Waals surface area contributed by atoms with Crippen LogP contribution in [-0.2, 0) is 13.1 Å². The molecule has 110 valence electrons. The molecule has 0 unspecified atom stereocenters. The van der Waals surface area contributed by atoms with Crippen LogP contribution in [-0.4, -0.2) is 29.0 Å². The van der Waals surface area contributed by atoms with E-state index in [1.807, 2.05) is 6.20 Å². The van der Waals surface area contributed by atoms with Crippen molar-refractivity contribution in [2.24, 2.45) is 5.41 Å². The Morgan fingerprint density at radius 2 is 2.20 bits per heavy atom. The summed E-state index contributed by atoms with van der Waals surface area (Å²) < 4.78 is 0. The minimum atomic E-state index is 0.465. The van der Waals surface area contributed by atoms with Gasteiger partial charge in [0, 0.05) is 31.9 Å². The molecular formula is C17H27N3. The molecule has 1 saturated carbocycles. The third kappa shape index (κ3) is 4.03. The van der Waals surface area contributed by atoms with Gasteiger partial charge in [0.25, 0.3) is 0 Å². The van der Waals surface area contributed by atoms with Gasteiger partial charge in [-0.3, -0.25) is 9.88 Å². The van der Waals surface area contributed by atoms with E-state index in [0.29, 0.717) is 5.41 Å². The van der Waals surface area contributed by atoms with Gasteiger partial charge in [-0.25, -0.2) is 0 Å². The lowest BCUT2D eigenvalue weighted by atomic mass is 9.84. The third-order valence-electron chi connectivity index (χ3n) is 4.42. The molecule has 1 aliphatic carbocycles. The van der Waals surface area contributed by atoms with Gasteiger partial charge < -0.3 is 5.32 Å². The van der Waals surface area contributed by atoms with Crippen molar-refractivity contribution >= 4 is 0 Å². The summed E-state index contributed by atoms with van der Waals surface area (Å²) in [6.07, 6.45) is 7.39. The van der Waals surface area contributed by atoms with Crippen LogP contribution in [0.5, 0.6) is 0 Å². The summed E-state index contributed by atoms with van der Waals surface area (Å²) in [4.78, 5) is 7.19. The first kappa shape index (κ1) is 14.0. The van der Waals surface area contributed by atoms with E-state index in [0.717, 1.165) is 19.1 Å². The van der Waals surface area contributed by atoms with Crippen molar-refractivity contribution in [3.63, 3.8) is 0 Å². The van der Waals surface area contributed by atoms with Gasteiger partial charge >= 0.3 is 0 Å². The molecule has 1 aliphatic heterocycles. The lowest BCUT2D eigenvalue weighted by Gasteiger charge is -2.37. The second kappa shape index (κ2) is 5.82. The Morgan fingerprint density at radius 3 is 2.85 bits per heavy atom. The molecule has 1 aromatic rings. The van der Waals surface area contributed by atoms with Crippen LogP contribution in [0, 0.1) is 5.41 Å². The van der Waals surface area contributed by atoms with Gasteiger partial charge in [-0.1, -0.05) is 19.9 Å². The molecule has 2 fully saturated rings. The minimum Gasteiger partial charge on any atom is -0.310 e. The molecule has 0 amide bonds. The molecule has 2 heterocycles. The topological polar surface area (TPSA) is 28.2 Å². The largest absolute Gasteiger partial charge is 0.310 e. The first-order chi connectivity index (χ1) is 9.61. The first-order valence-corrected chi connectivity index (χ1v) is 8.00. The molecule has 3 heteroatoms. The molecule has 0 atom stereocenters. The first-order valence-electron chi connectivity index (χ1n) is 8.00. The maximum atomic E-state index is 4.64. The molecule has 1 saturated heterocycles. The fraction of sp³-hybridized carbons (Fsp3) is 0.706. The maximum Gasteiger partial charge on any atom is 0.0544 e. The highest BCUT2D eigenvalue weighted by Crippen LogP contribution is 2.29. The quantitative estimate of drug-likeness (QED) is 0.894. The summed E-state index contributed by atoms with van der Waals surface area (Å²) in [5.74, 6) is 0. The van der Waals surface area contributed by atoms with E-state index in [4.69, 9.17) is 0 Å². The minimum absolute atomic E-state index is 0.465. The molecule has 20 heavy (non-hydrogen) atoms. The number of aromatic nitrogens is 1. The second-order valence-electron chi connectivity index (χ2n) is 7.29. The fourth-order valence-corrected chi connectivity index (χ4v) is 3.11. The summed E-state index contributed by atoms with van der Waals surface area (Å²) in [6, 6.07) is 5.20. The Kier molecular flexibility index (Phi) is 4.08. The number of hydrogen-bond donors (Lipinski definition) is 1. The summed E-state index contributed by atoms with van der Waals surface area (Å²) in [6.45, 7) is 9.13. The number of nitrogens with zero attached hydrogens (tertiary/aromatic N) is 2. The Hall–Kier alpha value is -0.930. The molecule has 1 aromatic heterocycles. The van der Waals surface area contributed by atoms with Crippen molar-refractivity contribution in [3.8, 4) is 0 Å². The summed E-state index contributed by atoms with van der Waals surface area (Å²) in [7, 11) is 0. The highest BCUT2D eigenvalue weighted by atomic mass is 15.1. The Balaban J connectivity index is 1.51. The zero-order chi connectivity index (χ0) is 14.0. The van der Waals surface area contributed by atoms with Crippen molar-refractivity contribution in [2.75, 3.05) is 13.1 Å². The van der Waals surface area contributed by atoms with E-state index in [9.17, 15) is 0 Å². The smallest absolute Gasteiger partial charge is 0.0544 e. The van der Waals surface area contributed by atoms with Crippen molar-refractivity contribution in [2.45, 2.75) is 58.7 Å². The Bertz CT molecular complexity index is 434. The average Bonchev–Trinajstić information content (AvgIpc) is 3.21. The van der Waals surface area contributed by atoms with Gasteiger partial charge in [0.15, 0.2) is 0 Å². The van der Waals surface area contributed by atoms with Crippen molar-refractivity contribution in [1.29, 1.82) is 0 Å². The number of rotatable bonds is 5. The summed E-state index contributed by atoms with van der Waals surface area (Å²) in [5.41, 5.74) is 2.98. The molecule has 3 nitrogen and oxygen atoms in total. The third-order valence-corrected chi connectivity index (χ3v) is 4.42. The monoisotopic (exact) mass is 273 g/mol. The highest BCUT2D eigenvalue weighted by molar-refractivity contribution is 5.14. The number of pyridine rings is 1. The lowest BCUT2D eigenvalue weighted by molar-refractivity contribution is 0.110. The van der Waals surface area contributed by atoms with Crippen molar-refractivity contribution < 1.29 is 0 Å². The molecule has 0 spiro atoms. The van der Waals surface area contributed by atoms with Gasteiger partial charge in [0.05, 0.1) is 5.69 Å². The van der Waals surface area contributed by atoms with Crippen LogP contribution in [0.25, 0.3) is 0 Å². The summed E-state index contributed by atoms with van der Waals surface area (Å²) >= 11 is 0. The predicted octanol–water partition coefficient (Wildman–Crippen LogP) is 2.96. The second-order valence-corrected chi connectivity index (χ2v) is 7.29. The molecule has 1 N–H and O–H groups in total. The standard InChI is InChI=1S/C17H27N3/c1-17(2)8-3-9-20(13-17)12-16-5-4-14(11-19-16)10-18-15-6-7-15/h4-5,11,15,18H,3,6-10,12-13H2,1-2H3. The van der Waals surface area contributed by atoms with Gasteiger partial charge in [-0.2, -0.15) is 0 Å². The number of likely N-dealkylation sites (tertiary alicyclic amines) is 1. The van der Waals surface area contributed by atoms with Crippen molar-refractivity contribution in [1.82, 2.24) is 15.2 Å². The molecule has 0 radical (unpaired) electrons. The zero-order valence-electron chi connectivity index (χ0n) is 12.9. The van der Waals surface area contributed by atoms with Crippen LogP contribution in [0.2, 0.25) is 0 Å². The van der Waals surface area contributed by atoms with E-state index in [1.165, 1.54) is 50.0 Å². The Morgan fingerprint density at radius 1 is 1.35 bits per heavy atom. The molecule has 0 bridgehead atoms. The van der Waals surface area contributed by atoms with Gasteiger partial charge in [-0.05, 0) is 49.3 Å². The van der Waals surface area contributed by atoms with Gasteiger partial charge in [-0.15, -0.1) is 0 Å².